The summed E-state index contributed by atoms with van der Waals surface area (Å²) in [6.45, 7) is 9.16. The van der Waals surface area contributed by atoms with Crippen LogP contribution in [0.15, 0.2) is 36.4 Å². The van der Waals surface area contributed by atoms with Crippen LogP contribution in [0.4, 0.5) is 15.0 Å². The van der Waals surface area contributed by atoms with Crippen LogP contribution >= 0.6 is 0 Å². The zero-order valence-corrected chi connectivity index (χ0v) is 29.5. The molecule has 4 fully saturated rings. The number of hydrogen-bond acceptors (Lipinski definition) is 10. The van der Waals surface area contributed by atoms with Gasteiger partial charge in [0.25, 0.3) is 0 Å². The number of fused-ring (bicyclic) bond motifs is 5. The summed E-state index contributed by atoms with van der Waals surface area (Å²) in [4.78, 5) is 29.8. The second kappa shape index (κ2) is 13.1. The Bertz CT molecular complexity index is 1740. The van der Waals surface area contributed by atoms with Crippen LogP contribution < -0.4 is 14.4 Å². The number of amides is 1. The van der Waals surface area contributed by atoms with Gasteiger partial charge in [-0.2, -0.15) is 9.97 Å². The number of alkyl halides is 1. The highest BCUT2D eigenvalue weighted by atomic mass is 19.1. The van der Waals surface area contributed by atoms with Crippen molar-refractivity contribution in [1.29, 1.82) is 0 Å². The molecule has 50 heavy (non-hydrogen) atoms. The highest BCUT2D eigenvalue weighted by molar-refractivity contribution is 5.87. The third-order valence-corrected chi connectivity index (χ3v) is 11.0. The maximum absolute atomic E-state index is 14.6. The predicted octanol–water partition coefficient (Wildman–Crippen LogP) is 5.97. The molecule has 0 radical (unpaired) electrons. The predicted molar refractivity (Wildman–Crippen MR) is 185 cm³/mol. The van der Waals surface area contributed by atoms with Crippen molar-refractivity contribution in [3.63, 3.8) is 0 Å². The molecule has 268 valence electrons. The first kappa shape index (κ1) is 33.4. The van der Waals surface area contributed by atoms with E-state index >= 15 is 0 Å². The van der Waals surface area contributed by atoms with Crippen LogP contribution in [0.1, 0.15) is 75.8 Å². The molecule has 1 amide bonds. The molecule has 0 saturated carbocycles. The van der Waals surface area contributed by atoms with Crippen LogP contribution in [0.3, 0.4) is 0 Å². The molecule has 5 aliphatic heterocycles. The minimum absolute atomic E-state index is 0.0166. The molecule has 3 aromatic rings. The van der Waals surface area contributed by atoms with Gasteiger partial charge < -0.3 is 28.6 Å². The number of benzene rings is 2. The molecule has 11 nitrogen and oxygen atoms in total. The fourth-order valence-electron chi connectivity index (χ4n) is 8.88. The molecule has 2 bridgehead atoms. The third-order valence-electron chi connectivity index (χ3n) is 11.0. The average Bonchev–Trinajstić information content (AvgIpc) is 3.71. The molecule has 5 aliphatic rings. The Morgan fingerprint density at radius 1 is 1.08 bits per heavy atom. The number of carbonyl (C=O) groups excluding carboxylic acids is 1. The Morgan fingerprint density at radius 2 is 1.88 bits per heavy atom. The van der Waals surface area contributed by atoms with Crippen molar-refractivity contribution < 1.29 is 32.9 Å². The summed E-state index contributed by atoms with van der Waals surface area (Å²) in [5, 5.41) is 2.15. The third kappa shape index (κ3) is 6.34. The minimum atomic E-state index is -0.841. The van der Waals surface area contributed by atoms with Gasteiger partial charge in [0.15, 0.2) is 6.79 Å². The molecule has 3 unspecified atom stereocenters. The Kier molecular flexibility index (Phi) is 8.75. The monoisotopic (exact) mass is 689 g/mol. The number of ether oxygens (including phenoxy) is 5. The second-order valence-electron chi connectivity index (χ2n) is 15.6. The molecule has 12 heteroatoms. The molecule has 5 atom stereocenters. The number of aromatic nitrogens is 2. The van der Waals surface area contributed by atoms with Gasteiger partial charge in [-0.05, 0) is 81.5 Å². The van der Waals surface area contributed by atoms with Crippen molar-refractivity contribution in [2.24, 2.45) is 0 Å². The Hall–Kier alpha value is -3.74. The first-order valence-electron chi connectivity index (χ1n) is 18.0. The molecule has 6 heterocycles. The largest absolute Gasteiger partial charge is 0.468 e. The first-order valence-corrected chi connectivity index (χ1v) is 18.0. The van der Waals surface area contributed by atoms with E-state index in [1.165, 1.54) is 0 Å². The molecule has 8 rings (SSSR count). The van der Waals surface area contributed by atoms with E-state index in [0.717, 1.165) is 65.6 Å². The van der Waals surface area contributed by atoms with Gasteiger partial charge in [0.2, 0.25) is 0 Å². The summed E-state index contributed by atoms with van der Waals surface area (Å²) in [5.41, 5.74) is 1.97. The van der Waals surface area contributed by atoms with Gasteiger partial charge in [-0.25, -0.2) is 9.18 Å². The van der Waals surface area contributed by atoms with Crippen molar-refractivity contribution in [3.8, 4) is 11.8 Å². The number of piperazine rings is 1. The highest BCUT2D eigenvalue weighted by Gasteiger charge is 2.50. The van der Waals surface area contributed by atoms with Crippen molar-refractivity contribution >= 4 is 22.7 Å². The quantitative estimate of drug-likeness (QED) is 0.263. The van der Waals surface area contributed by atoms with E-state index in [1.807, 2.05) is 49.9 Å². The van der Waals surface area contributed by atoms with Crippen LogP contribution in [-0.4, -0.2) is 102 Å². The molecular weight excluding hydrogens is 641 g/mol. The van der Waals surface area contributed by atoms with Gasteiger partial charge in [-0.3, -0.25) is 9.80 Å². The Balaban J connectivity index is 1.12. The van der Waals surface area contributed by atoms with Crippen LogP contribution in [0.2, 0.25) is 0 Å². The molecule has 0 N–H and O–H groups in total. The lowest BCUT2D eigenvalue weighted by atomic mass is 9.94. The Morgan fingerprint density at radius 3 is 2.66 bits per heavy atom. The van der Waals surface area contributed by atoms with Gasteiger partial charge in [0, 0.05) is 45.1 Å². The van der Waals surface area contributed by atoms with E-state index in [-0.39, 0.29) is 36.6 Å². The SMILES string of the molecule is COCOc1cc(C2Cc3nc(OC[C@@]45CCCN4C[C@H](F)C5)nc(N4CC5CCC(C4)N5C(=O)OC(C)(C)C)c3CO2)c2ccccc2c1. The van der Waals surface area contributed by atoms with Crippen molar-refractivity contribution in [2.45, 2.75) is 101 Å². The normalized spacial score (nSPS) is 27.8. The number of methoxy groups -OCH3 is 1. The Labute approximate surface area is 293 Å². The number of rotatable bonds is 8. The summed E-state index contributed by atoms with van der Waals surface area (Å²) >= 11 is 0. The van der Waals surface area contributed by atoms with Crippen LogP contribution in [-0.2, 0) is 27.2 Å². The van der Waals surface area contributed by atoms with Crippen LogP contribution in [0.5, 0.6) is 11.8 Å². The van der Waals surface area contributed by atoms with Gasteiger partial charge in [-0.15, -0.1) is 0 Å². The molecular formula is C38H48FN5O6. The topological polar surface area (TPSA) is 98.7 Å². The van der Waals surface area contributed by atoms with Gasteiger partial charge in [0.05, 0.1) is 36.0 Å². The second-order valence-corrected chi connectivity index (χ2v) is 15.6. The van der Waals surface area contributed by atoms with Crippen LogP contribution in [0, 0.1) is 0 Å². The van der Waals surface area contributed by atoms with Crippen molar-refractivity contribution in [2.75, 3.05) is 51.6 Å². The summed E-state index contributed by atoms with van der Waals surface area (Å²) in [6.07, 6.45) is 3.39. The number of nitrogens with zero attached hydrogens (tertiary/aromatic N) is 5. The van der Waals surface area contributed by atoms with Gasteiger partial charge in [0.1, 0.15) is 29.9 Å². The van der Waals surface area contributed by atoms with E-state index in [4.69, 9.17) is 33.7 Å². The van der Waals surface area contributed by atoms with Crippen LogP contribution in [0.25, 0.3) is 10.8 Å². The first-order chi connectivity index (χ1) is 24.1. The molecule has 0 aliphatic carbocycles. The number of anilines is 1. The van der Waals surface area contributed by atoms with E-state index in [9.17, 15) is 9.18 Å². The minimum Gasteiger partial charge on any atom is -0.468 e. The smallest absolute Gasteiger partial charge is 0.410 e. The maximum atomic E-state index is 14.6. The lowest BCUT2D eigenvalue weighted by Gasteiger charge is -2.42. The fraction of sp³-hybridized carbons (Fsp3) is 0.605. The molecule has 0 spiro atoms. The van der Waals surface area contributed by atoms with E-state index in [1.54, 1.807) is 7.11 Å². The molecule has 1 aromatic heterocycles. The zero-order valence-electron chi connectivity index (χ0n) is 29.5. The highest BCUT2D eigenvalue weighted by Crippen LogP contribution is 2.43. The van der Waals surface area contributed by atoms with Crippen molar-refractivity contribution in [1.82, 2.24) is 19.8 Å². The number of halogens is 1. The molecule has 4 saturated heterocycles. The maximum Gasteiger partial charge on any atom is 0.410 e. The van der Waals surface area contributed by atoms with Crippen molar-refractivity contribution in [3.05, 3.63) is 53.2 Å². The zero-order chi connectivity index (χ0) is 34.6. The van der Waals surface area contributed by atoms with Gasteiger partial charge >= 0.3 is 12.1 Å². The summed E-state index contributed by atoms with van der Waals surface area (Å²) in [7, 11) is 1.61. The number of hydrogen-bond donors (Lipinski definition) is 0. The average molecular weight is 690 g/mol. The molecule has 2 aromatic carbocycles. The summed E-state index contributed by atoms with van der Waals surface area (Å²) < 4.78 is 44.6. The van der Waals surface area contributed by atoms with Gasteiger partial charge in [-0.1, -0.05) is 24.3 Å². The lowest BCUT2D eigenvalue weighted by Crippen LogP contribution is -2.57. The number of carbonyl (C=O) groups is 1. The van der Waals surface area contributed by atoms with E-state index in [0.29, 0.717) is 57.4 Å². The lowest BCUT2D eigenvalue weighted by molar-refractivity contribution is 0.0118. The summed E-state index contributed by atoms with van der Waals surface area (Å²) in [6, 6.07) is 12.6. The van der Waals surface area contributed by atoms with E-state index < -0.39 is 11.8 Å². The summed E-state index contributed by atoms with van der Waals surface area (Å²) in [5.74, 6) is 1.51. The standard InChI is InChI=1S/C38H48FN5O6/c1-37(2,3)50-36(45)44-26-10-11-27(44)20-42(19-26)34-31-21-47-33(30-15-28(49-23-46-4)14-24-8-5-6-9-29(24)30)16-32(31)40-35(41-34)48-22-38-12-7-13-43(38)18-25(39)17-38/h5-6,8-9,14-15,25-27,33H,7,10-13,16-23H2,1-4H3/t25-,26?,27?,33?,38+/m1/s1. The van der Waals surface area contributed by atoms with E-state index in [2.05, 4.69) is 21.9 Å². The fourth-order valence-corrected chi connectivity index (χ4v) is 8.88.